The molecule has 0 radical (unpaired) electrons. The molecule has 2 nitrogen and oxygen atoms in total. The first-order chi connectivity index (χ1) is 8.74. The topological polar surface area (TPSA) is 15.3 Å². The molecular formula is C15H24N2S. The van der Waals surface area contributed by atoms with E-state index in [1.807, 2.05) is 0 Å². The Balaban J connectivity index is 2.03. The van der Waals surface area contributed by atoms with E-state index in [-0.39, 0.29) is 0 Å². The fourth-order valence-corrected chi connectivity index (χ4v) is 2.88. The van der Waals surface area contributed by atoms with Crippen molar-refractivity contribution in [2.45, 2.75) is 31.2 Å². The Morgan fingerprint density at radius 2 is 2.11 bits per heavy atom. The van der Waals surface area contributed by atoms with E-state index < -0.39 is 0 Å². The standard InChI is InChI=1S/C15H24N2S/c1-4-12(2)15-11-17(10-9-16-15)13-5-7-14(18-3)8-6-13/h5-8,12,15-16H,4,9-11H2,1-3H3. The van der Waals surface area contributed by atoms with Gasteiger partial charge in [-0.15, -0.1) is 11.8 Å². The van der Waals surface area contributed by atoms with Crippen LogP contribution in [0.4, 0.5) is 5.69 Å². The minimum Gasteiger partial charge on any atom is -0.369 e. The van der Waals surface area contributed by atoms with Gasteiger partial charge in [-0.1, -0.05) is 20.3 Å². The van der Waals surface area contributed by atoms with Gasteiger partial charge in [-0.05, 0) is 36.4 Å². The predicted octanol–water partition coefficient (Wildman–Crippen LogP) is 3.23. The first kappa shape index (κ1) is 13.8. The lowest BCUT2D eigenvalue weighted by atomic mass is 9.97. The zero-order chi connectivity index (χ0) is 13.0. The van der Waals surface area contributed by atoms with Crippen LogP contribution in [-0.2, 0) is 0 Å². The molecule has 0 bridgehead atoms. The van der Waals surface area contributed by atoms with E-state index in [1.165, 1.54) is 17.0 Å². The number of piperazine rings is 1. The molecule has 0 saturated carbocycles. The average molecular weight is 264 g/mol. The summed E-state index contributed by atoms with van der Waals surface area (Å²) in [6.07, 6.45) is 3.37. The normalized spacial score (nSPS) is 21.9. The van der Waals surface area contributed by atoms with Crippen molar-refractivity contribution >= 4 is 17.4 Å². The Hall–Kier alpha value is -0.670. The third-order valence-corrected chi connectivity index (χ3v) is 4.72. The van der Waals surface area contributed by atoms with Crippen LogP contribution in [0.5, 0.6) is 0 Å². The molecule has 1 heterocycles. The van der Waals surface area contributed by atoms with E-state index in [0.717, 1.165) is 25.6 Å². The minimum absolute atomic E-state index is 0.629. The molecule has 0 aliphatic carbocycles. The SMILES string of the molecule is CCC(C)C1CN(c2ccc(SC)cc2)CCN1. The van der Waals surface area contributed by atoms with Crippen LogP contribution in [0.15, 0.2) is 29.2 Å². The summed E-state index contributed by atoms with van der Waals surface area (Å²) in [5.41, 5.74) is 1.36. The second-order valence-electron chi connectivity index (χ2n) is 5.09. The molecule has 1 aromatic rings. The van der Waals surface area contributed by atoms with Crippen molar-refractivity contribution in [1.29, 1.82) is 0 Å². The maximum atomic E-state index is 3.65. The van der Waals surface area contributed by atoms with Gasteiger partial charge in [0.05, 0.1) is 0 Å². The van der Waals surface area contributed by atoms with Gasteiger partial charge < -0.3 is 10.2 Å². The number of nitrogens with one attached hydrogen (secondary N) is 1. The zero-order valence-corrected chi connectivity index (χ0v) is 12.5. The highest BCUT2D eigenvalue weighted by Gasteiger charge is 2.23. The van der Waals surface area contributed by atoms with Crippen molar-refractivity contribution < 1.29 is 0 Å². The van der Waals surface area contributed by atoms with Crippen LogP contribution in [0.3, 0.4) is 0 Å². The third-order valence-electron chi connectivity index (χ3n) is 3.97. The molecule has 2 rings (SSSR count). The van der Waals surface area contributed by atoms with Crippen LogP contribution in [-0.4, -0.2) is 31.9 Å². The lowest BCUT2D eigenvalue weighted by Crippen LogP contribution is -2.53. The molecule has 1 aliphatic rings. The smallest absolute Gasteiger partial charge is 0.0367 e. The van der Waals surface area contributed by atoms with Gasteiger partial charge in [-0.2, -0.15) is 0 Å². The fraction of sp³-hybridized carbons (Fsp3) is 0.600. The number of anilines is 1. The third kappa shape index (κ3) is 3.21. The second-order valence-corrected chi connectivity index (χ2v) is 5.97. The number of nitrogens with zero attached hydrogens (tertiary/aromatic N) is 1. The molecule has 0 amide bonds. The van der Waals surface area contributed by atoms with Crippen LogP contribution in [0.2, 0.25) is 0 Å². The van der Waals surface area contributed by atoms with E-state index >= 15 is 0 Å². The number of benzene rings is 1. The number of hydrogen-bond acceptors (Lipinski definition) is 3. The van der Waals surface area contributed by atoms with Crippen molar-refractivity contribution in [3.8, 4) is 0 Å². The highest BCUT2D eigenvalue weighted by Crippen LogP contribution is 2.22. The molecule has 100 valence electrons. The predicted molar refractivity (Wildman–Crippen MR) is 81.7 cm³/mol. The molecule has 0 spiro atoms. The fourth-order valence-electron chi connectivity index (χ4n) is 2.47. The first-order valence-corrected chi connectivity index (χ1v) is 8.09. The largest absolute Gasteiger partial charge is 0.369 e. The minimum atomic E-state index is 0.629. The maximum absolute atomic E-state index is 3.65. The van der Waals surface area contributed by atoms with Crippen molar-refractivity contribution in [1.82, 2.24) is 5.32 Å². The summed E-state index contributed by atoms with van der Waals surface area (Å²) in [6, 6.07) is 9.58. The van der Waals surface area contributed by atoms with E-state index in [2.05, 4.69) is 54.6 Å². The summed E-state index contributed by atoms with van der Waals surface area (Å²) in [5, 5.41) is 3.65. The number of rotatable bonds is 4. The average Bonchev–Trinajstić information content (AvgIpc) is 2.46. The molecular weight excluding hydrogens is 240 g/mol. The summed E-state index contributed by atoms with van der Waals surface area (Å²) in [5.74, 6) is 0.748. The molecule has 18 heavy (non-hydrogen) atoms. The van der Waals surface area contributed by atoms with Crippen LogP contribution < -0.4 is 10.2 Å². The maximum Gasteiger partial charge on any atom is 0.0367 e. The van der Waals surface area contributed by atoms with Crippen molar-refractivity contribution in [2.75, 3.05) is 30.8 Å². The van der Waals surface area contributed by atoms with Gasteiger partial charge in [-0.25, -0.2) is 0 Å². The number of hydrogen-bond donors (Lipinski definition) is 1. The van der Waals surface area contributed by atoms with Gasteiger partial charge in [0, 0.05) is 36.3 Å². The second kappa shape index (κ2) is 6.48. The Morgan fingerprint density at radius 3 is 2.72 bits per heavy atom. The lowest BCUT2D eigenvalue weighted by Gasteiger charge is -2.38. The summed E-state index contributed by atoms with van der Waals surface area (Å²) in [7, 11) is 0. The molecule has 2 unspecified atom stereocenters. The highest BCUT2D eigenvalue weighted by molar-refractivity contribution is 7.98. The highest BCUT2D eigenvalue weighted by atomic mass is 32.2. The van der Waals surface area contributed by atoms with Crippen LogP contribution in [0.1, 0.15) is 20.3 Å². The lowest BCUT2D eigenvalue weighted by molar-refractivity contribution is 0.342. The Morgan fingerprint density at radius 1 is 1.39 bits per heavy atom. The molecule has 1 aromatic carbocycles. The quantitative estimate of drug-likeness (QED) is 0.841. The number of thioether (sulfide) groups is 1. The molecule has 3 heteroatoms. The van der Waals surface area contributed by atoms with E-state index in [1.54, 1.807) is 11.8 Å². The summed E-state index contributed by atoms with van der Waals surface area (Å²) >= 11 is 1.80. The van der Waals surface area contributed by atoms with Gasteiger partial charge in [0.1, 0.15) is 0 Å². The molecule has 1 N–H and O–H groups in total. The first-order valence-electron chi connectivity index (χ1n) is 6.87. The van der Waals surface area contributed by atoms with Gasteiger partial charge in [0.2, 0.25) is 0 Å². The van der Waals surface area contributed by atoms with E-state index in [4.69, 9.17) is 0 Å². The van der Waals surface area contributed by atoms with Gasteiger partial charge in [-0.3, -0.25) is 0 Å². The van der Waals surface area contributed by atoms with Gasteiger partial charge >= 0.3 is 0 Å². The zero-order valence-electron chi connectivity index (χ0n) is 11.6. The van der Waals surface area contributed by atoms with Crippen LogP contribution in [0, 0.1) is 5.92 Å². The van der Waals surface area contributed by atoms with Crippen molar-refractivity contribution in [3.05, 3.63) is 24.3 Å². The Kier molecular flexibility index (Phi) is 4.95. The molecule has 1 fully saturated rings. The summed E-state index contributed by atoms with van der Waals surface area (Å²) in [6.45, 7) is 7.97. The Bertz CT molecular complexity index is 363. The van der Waals surface area contributed by atoms with Gasteiger partial charge in [0.15, 0.2) is 0 Å². The van der Waals surface area contributed by atoms with Crippen LogP contribution >= 0.6 is 11.8 Å². The molecule has 1 saturated heterocycles. The summed E-state index contributed by atoms with van der Waals surface area (Å²) in [4.78, 5) is 3.85. The molecule has 2 atom stereocenters. The van der Waals surface area contributed by atoms with Gasteiger partial charge in [0.25, 0.3) is 0 Å². The summed E-state index contributed by atoms with van der Waals surface area (Å²) < 4.78 is 0. The molecule has 0 aromatic heterocycles. The van der Waals surface area contributed by atoms with Crippen LogP contribution in [0.25, 0.3) is 0 Å². The Labute approximate surface area is 115 Å². The monoisotopic (exact) mass is 264 g/mol. The van der Waals surface area contributed by atoms with E-state index in [9.17, 15) is 0 Å². The van der Waals surface area contributed by atoms with Crippen molar-refractivity contribution in [3.63, 3.8) is 0 Å². The van der Waals surface area contributed by atoms with E-state index in [0.29, 0.717) is 6.04 Å². The van der Waals surface area contributed by atoms with Crippen molar-refractivity contribution in [2.24, 2.45) is 5.92 Å². The molecule has 1 aliphatic heterocycles.